The maximum Gasteiger partial charge on any atom is 0.312 e. The summed E-state index contributed by atoms with van der Waals surface area (Å²) in [5, 5.41) is 0. The standard InChI is InChI=1S/C22H33O4/c1-2-3-4-5-6-7-8-9-10-14-19-25-21(23)17-18-22(24)26-20-15-12-11-13-16-20/h11-13,15-17H,2-10,14,18-19H2,1H3. The van der Waals surface area contributed by atoms with Gasteiger partial charge in [0.1, 0.15) is 5.75 Å². The van der Waals surface area contributed by atoms with Gasteiger partial charge in [0.05, 0.1) is 19.4 Å². The predicted molar refractivity (Wildman–Crippen MR) is 104 cm³/mol. The van der Waals surface area contributed by atoms with E-state index in [9.17, 15) is 9.59 Å². The molecular weight excluding hydrogens is 328 g/mol. The molecule has 26 heavy (non-hydrogen) atoms. The molecule has 0 spiro atoms. The lowest BCUT2D eigenvalue weighted by molar-refractivity contribution is -0.142. The fourth-order valence-electron chi connectivity index (χ4n) is 2.65. The molecule has 0 amide bonds. The summed E-state index contributed by atoms with van der Waals surface area (Å²) in [5.41, 5.74) is 0. The van der Waals surface area contributed by atoms with Crippen molar-refractivity contribution >= 4 is 11.9 Å². The van der Waals surface area contributed by atoms with Crippen molar-refractivity contribution in [2.75, 3.05) is 6.61 Å². The van der Waals surface area contributed by atoms with Crippen LogP contribution in [0.1, 0.15) is 77.6 Å². The summed E-state index contributed by atoms with van der Waals surface area (Å²) in [6.45, 7) is 2.65. The first-order chi connectivity index (χ1) is 12.7. The van der Waals surface area contributed by atoms with Crippen LogP contribution in [0.5, 0.6) is 5.75 Å². The van der Waals surface area contributed by atoms with Crippen LogP contribution in [-0.4, -0.2) is 18.5 Å². The molecule has 0 N–H and O–H groups in total. The van der Waals surface area contributed by atoms with Crippen molar-refractivity contribution in [3.63, 3.8) is 0 Å². The zero-order valence-electron chi connectivity index (χ0n) is 16.1. The minimum absolute atomic E-state index is 0.0776. The Kier molecular flexibility index (Phi) is 13.2. The van der Waals surface area contributed by atoms with Gasteiger partial charge in [0.15, 0.2) is 0 Å². The highest BCUT2D eigenvalue weighted by Crippen LogP contribution is 2.11. The molecule has 0 bridgehead atoms. The molecule has 0 atom stereocenters. The first-order valence-corrected chi connectivity index (χ1v) is 9.98. The maximum absolute atomic E-state index is 11.6. The Hall–Kier alpha value is -1.84. The SMILES string of the molecule is CCCCCCCCCCCCOC(=O)[CH]CC(=O)Oc1ccccc1. The van der Waals surface area contributed by atoms with E-state index >= 15 is 0 Å². The minimum Gasteiger partial charge on any atom is -0.465 e. The van der Waals surface area contributed by atoms with Gasteiger partial charge < -0.3 is 9.47 Å². The summed E-state index contributed by atoms with van der Waals surface area (Å²) in [4.78, 5) is 23.2. The van der Waals surface area contributed by atoms with Crippen LogP contribution in [0.4, 0.5) is 0 Å². The van der Waals surface area contributed by atoms with Crippen LogP contribution in [0.15, 0.2) is 30.3 Å². The van der Waals surface area contributed by atoms with Crippen LogP contribution in [0.2, 0.25) is 0 Å². The summed E-state index contributed by atoms with van der Waals surface area (Å²) < 4.78 is 10.2. The highest BCUT2D eigenvalue weighted by molar-refractivity contribution is 5.86. The average Bonchev–Trinajstić information content (AvgIpc) is 2.65. The number of ether oxygens (including phenoxy) is 2. The smallest absolute Gasteiger partial charge is 0.312 e. The number of carbonyl (C=O) groups excluding carboxylic acids is 2. The molecule has 1 radical (unpaired) electrons. The van der Waals surface area contributed by atoms with E-state index in [0.717, 1.165) is 12.8 Å². The number of benzene rings is 1. The van der Waals surface area contributed by atoms with E-state index in [1.807, 2.05) is 6.07 Å². The first-order valence-electron chi connectivity index (χ1n) is 9.98. The monoisotopic (exact) mass is 361 g/mol. The normalized spacial score (nSPS) is 10.5. The molecule has 0 unspecified atom stereocenters. The molecule has 0 aliphatic heterocycles. The summed E-state index contributed by atoms with van der Waals surface area (Å²) in [6.07, 6.45) is 13.6. The fraction of sp³-hybridized carbons (Fsp3) is 0.591. The zero-order chi connectivity index (χ0) is 18.9. The topological polar surface area (TPSA) is 52.6 Å². The highest BCUT2D eigenvalue weighted by Gasteiger charge is 2.10. The third kappa shape index (κ3) is 12.5. The second-order valence-electron chi connectivity index (χ2n) is 6.54. The van der Waals surface area contributed by atoms with Gasteiger partial charge in [0.2, 0.25) is 0 Å². The molecule has 0 saturated carbocycles. The number of hydrogen-bond acceptors (Lipinski definition) is 4. The van der Waals surface area contributed by atoms with Gasteiger partial charge >= 0.3 is 11.9 Å². The van der Waals surface area contributed by atoms with Crippen LogP contribution < -0.4 is 4.74 Å². The van der Waals surface area contributed by atoms with Crippen LogP contribution in [0.3, 0.4) is 0 Å². The van der Waals surface area contributed by atoms with E-state index in [0.29, 0.717) is 12.4 Å². The Balaban J connectivity index is 1.90. The lowest BCUT2D eigenvalue weighted by Crippen LogP contribution is -2.13. The molecule has 145 valence electrons. The van der Waals surface area contributed by atoms with Gasteiger partial charge in [-0.25, -0.2) is 0 Å². The minimum atomic E-state index is -0.466. The molecule has 0 aliphatic carbocycles. The van der Waals surface area contributed by atoms with Gasteiger partial charge in [-0.15, -0.1) is 0 Å². The Morgan fingerprint density at radius 3 is 2.04 bits per heavy atom. The number of unbranched alkanes of at least 4 members (excludes halogenated alkanes) is 9. The molecule has 1 rings (SSSR count). The molecule has 0 heterocycles. The summed E-state index contributed by atoms with van der Waals surface area (Å²) in [5.74, 6) is -0.442. The van der Waals surface area contributed by atoms with E-state index in [4.69, 9.17) is 9.47 Å². The van der Waals surface area contributed by atoms with Gasteiger partial charge in [0.25, 0.3) is 0 Å². The zero-order valence-corrected chi connectivity index (χ0v) is 16.1. The van der Waals surface area contributed by atoms with E-state index in [-0.39, 0.29) is 6.42 Å². The maximum atomic E-state index is 11.6. The molecule has 1 aromatic carbocycles. The average molecular weight is 362 g/mol. The van der Waals surface area contributed by atoms with Crippen molar-refractivity contribution in [2.24, 2.45) is 0 Å². The van der Waals surface area contributed by atoms with Crippen LogP contribution in [0.25, 0.3) is 0 Å². The molecular formula is C22H33O4. The fourth-order valence-corrected chi connectivity index (χ4v) is 2.65. The largest absolute Gasteiger partial charge is 0.465 e. The number of rotatable bonds is 15. The third-order valence-corrected chi connectivity index (χ3v) is 4.15. The third-order valence-electron chi connectivity index (χ3n) is 4.15. The van der Waals surface area contributed by atoms with Crippen LogP contribution >= 0.6 is 0 Å². The second kappa shape index (κ2) is 15.4. The van der Waals surface area contributed by atoms with E-state index in [2.05, 4.69) is 6.92 Å². The van der Waals surface area contributed by atoms with Gasteiger partial charge in [-0.1, -0.05) is 82.9 Å². The van der Waals surface area contributed by atoms with Crippen LogP contribution in [-0.2, 0) is 14.3 Å². The van der Waals surface area contributed by atoms with Gasteiger partial charge in [-0.2, -0.15) is 0 Å². The lowest BCUT2D eigenvalue weighted by atomic mass is 10.1. The number of esters is 2. The molecule has 1 aromatic rings. The van der Waals surface area contributed by atoms with Gasteiger partial charge in [-0.3, -0.25) is 9.59 Å². The molecule has 4 nitrogen and oxygen atoms in total. The van der Waals surface area contributed by atoms with Crippen molar-refractivity contribution in [3.05, 3.63) is 36.8 Å². The number of hydrogen-bond donors (Lipinski definition) is 0. The summed E-state index contributed by atoms with van der Waals surface area (Å²) in [7, 11) is 0. The highest BCUT2D eigenvalue weighted by atomic mass is 16.5. The Bertz CT molecular complexity index is 484. The molecule has 0 fully saturated rings. The number of para-hydroxylation sites is 1. The first kappa shape index (κ1) is 22.2. The van der Waals surface area contributed by atoms with E-state index < -0.39 is 11.9 Å². The van der Waals surface area contributed by atoms with Crippen molar-refractivity contribution in [2.45, 2.75) is 77.6 Å². The second-order valence-corrected chi connectivity index (χ2v) is 6.54. The van der Waals surface area contributed by atoms with Gasteiger partial charge in [-0.05, 0) is 18.6 Å². The predicted octanol–water partition coefficient (Wildman–Crippen LogP) is 5.65. The Labute approximate surface area is 158 Å². The Morgan fingerprint density at radius 2 is 1.42 bits per heavy atom. The van der Waals surface area contributed by atoms with Crippen molar-refractivity contribution in [3.8, 4) is 5.75 Å². The van der Waals surface area contributed by atoms with Crippen molar-refractivity contribution in [1.29, 1.82) is 0 Å². The van der Waals surface area contributed by atoms with Crippen molar-refractivity contribution < 1.29 is 19.1 Å². The van der Waals surface area contributed by atoms with E-state index in [1.165, 1.54) is 57.8 Å². The lowest BCUT2D eigenvalue weighted by Gasteiger charge is -2.05. The number of carbonyl (C=O) groups is 2. The van der Waals surface area contributed by atoms with Crippen LogP contribution in [0, 0.1) is 6.42 Å². The molecule has 0 aromatic heterocycles. The Morgan fingerprint density at radius 1 is 0.846 bits per heavy atom. The molecule has 0 saturated heterocycles. The van der Waals surface area contributed by atoms with Crippen molar-refractivity contribution in [1.82, 2.24) is 0 Å². The van der Waals surface area contributed by atoms with Gasteiger partial charge in [0, 0.05) is 0 Å². The quantitative estimate of drug-likeness (QED) is 0.230. The molecule has 4 heteroatoms. The summed E-state index contributed by atoms with van der Waals surface area (Å²) in [6, 6.07) is 8.80. The van der Waals surface area contributed by atoms with E-state index in [1.54, 1.807) is 24.3 Å². The molecule has 0 aliphatic rings. The summed E-state index contributed by atoms with van der Waals surface area (Å²) >= 11 is 0.